The summed E-state index contributed by atoms with van der Waals surface area (Å²) in [5.74, 6) is -1.13. The summed E-state index contributed by atoms with van der Waals surface area (Å²) in [5, 5.41) is 17.3. The van der Waals surface area contributed by atoms with Crippen molar-refractivity contribution in [3.8, 4) is 0 Å². The van der Waals surface area contributed by atoms with Crippen LogP contribution in [0.4, 0.5) is 4.79 Å². The predicted molar refractivity (Wildman–Crippen MR) is 69.0 cm³/mol. The lowest BCUT2D eigenvalue weighted by molar-refractivity contribution is 0.0688. The zero-order chi connectivity index (χ0) is 14.4. The van der Waals surface area contributed by atoms with Crippen LogP contribution in [0.1, 0.15) is 21.6 Å². The first kappa shape index (κ1) is 13.6. The standard InChI is InChI=1S/C13H13N3O4/c17-12(18)11-10(7-15-16-11)6-14-13(19)20-8-9-4-2-1-3-5-9/h1-5,7H,6,8H2,(H,14,19)(H,15,16)(H,17,18). The molecule has 7 nitrogen and oxygen atoms in total. The second-order valence-corrected chi connectivity index (χ2v) is 3.99. The summed E-state index contributed by atoms with van der Waals surface area (Å²) >= 11 is 0. The summed E-state index contributed by atoms with van der Waals surface area (Å²) in [6, 6.07) is 9.25. The van der Waals surface area contributed by atoms with Crippen molar-refractivity contribution >= 4 is 12.1 Å². The summed E-state index contributed by atoms with van der Waals surface area (Å²) in [4.78, 5) is 22.3. The van der Waals surface area contributed by atoms with Gasteiger partial charge in [0.2, 0.25) is 0 Å². The molecule has 0 radical (unpaired) electrons. The normalized spacial score (nSPS) is 10.0. The lowest BCUT2D eigenvalue weighted by Gasteiger charge is -2.06. The van der Waals surface area contributed by atoms with Gasteiger partial charge in [-0.3, -0.25) is 5.10 Å². The van der Waals surface area contributed by atoms with Gasteiger partial charge in [-0.15, -0.1) is 0 Å². The minimum absolute atomic E-state index is 0.0335. The van der Waals surface area contributed by atoms with Gasteiger partial charge < -0.3 is 15.2 Å². The molecule has 0 aliphatic carbocycles. The number of benzene rings is 1. The molecule has 0 aliphatic rings. The van der Waals surface area contributed by atoms with Gasteiger partial charge >= 0.3 is 12.1 Å². The van der Waals surface area contributed by atoms with E-state index in [4.69, 9.17) is 9.84 Å². The van der Waals surface area contributed by atoms with Crippen molar-refractivity contribution < 1.29 is 19.4 Å². The molecule has 3 N–H and O–H groups in total. The number of carbonyl (C=O) groups is 2. The number of H-pyrrole nitrogens is 1. The van der Waals surface area contributed by atoms with Gasteiger partial charge in [-0.25, -0.2) is 9.59 Å². The third-order valence-corrected chi connectivity index (χ3v) is 2.57. The van der Waals surface area contributed by atoms with Gasteiger partial charge in [0.1, 0.15) is 12.3 Å². The molecule has 1 aromatic heterocycles. The number of carbonyl (C=O) groups excluding carboxylic acids is 1. The van der Waals surface area contributed by atoms with Crippen molar-refractivity contribution in [2.45, 2.75) is 13.2 Å². The minimum atomic E-state index is -1.13. The Morgan fingerprint density at radius 2 is 2.05 bits per heavy atom. The quantitative estimate of drug-likeness (QED) is 0.767. The summed E-state index contributed by atoms with van der Waals surface area (Å²) < 4.78 is 5.00. The summed E-state index contributed by atoms with van der Waals surface area (Å²) in [6.07, 6.45) is 0.729. The molecule has 0 bridgehead atoms. The number of hydrogen-bond donors (Lipinski definition) is 3. The van der Waals surface area contributed by atoms with E-state index in [-0.39, 0.29) is 18.8 Å². The first-order valence-electron chi connectivity index (χ1n) is 5.87. The van der Waals surface area contributed by atoms with Gasteiger partial charge in [0, 0.05) is 5.56 Å². The number of alkyl carbamates (subject to hydrolysis) is 1. The van der Waals surface area contributed by atoms with Crippen LogP contribution in [0.5, 0.6) is 0 Å². The monoisotopic (exact) mass is 275 g/mol. The Hall–Kier alpha value is -2.83. The van der Waals surface area contributed by atoms with Gasteiger partial charge in [0.15, 0.2) is 0 Å². The smallest absolute Gasteiger partial charge is 0.407 e. The molecule has 1 aromatic carbocycles. The van der Waals surface area contributed by atoms with Crippen molar-refractivity contribution in [1.29, 1.82) is 0 Å². The number of carboxylic acids is 1. The fourth-order valence-corrected chi connectivity index (χ4v) is 1.57. The third-order valence-electron chi connectivity index (χ3n) is 2.57. The van der Waals surface area contributed by atoms with Gasteiger partial charge in [0.05, 0.1) is 12.7 Å². The zero-order valence-corrected chi connectivity index (χ0v) is 10.5. The van der Waals surface area contributed by atoms with E-state index in [0.717, 1.165) is 5.56 Å². The van der Waals surface area contributed by atoms with Crippen LogP contribution in [0.2, 0.25) is 0 Å². The fraction of sp³-hybridized carbons (Fsp3) is 0.154. The zero-order valence-electron chi connectivity index (χ0n) is 10.5. The fourth-order valence-electron chi connectivity index (χ4n) is 1.57. The number of aromatic amines is 1. The molecule has 20 heavy (non-hydrogen) atoms. The van der Waals surface area contributed by atoms with E-state index < -0.39 is 12.1 Å². The lowest BCUT2D eigenvalue weighted by Crippen LogP contribution is -2.24. The van der Waals surface area contributed by atoms with Crippen molar-refractivity contribution in [2.24, 2.45) is 0 Å². The third kappa shape index (κ3) is 3.58. The molecular weight excluding hydrogens is 262 g/mol. The highest BCUT2D eigenvalue weighted by atomic mass is 16.5. The molecule has 0 saturated heterocycles. The molecule has 104 valence electrons. The minimum Gasteiger partial charge on any atom is -0.477 e. The predicted octanol–water partition coefficient (Wildman–Crippen LogP) is 1.53. The molecule has 0 saturated carbocycles. The van der Waals surface area contributed by atoms with E-state index in [1.54, 1.807) is 0 Å². The molecule has 2 rings (SSSR count). The second kappa shape index (κ2) is 6.37. The number of nitrogens with one attached hydrogen (secondary N) is 2. The van der Waals surface area contributed by atoms with Crippen LogP contribution in [0, 0.1) is 0 Å². The van der Waals surface area contributed by atoms with E-state index in [2.05, 4.69) is 15.5 Å². The number of rotatable bonds is 5. The Bertz CT molecular complexity index is 595. The molecule has 0 atom stereocenters. The average Bonchev–Trinajstić information content (AvgIpc) is 2.92. The SMILES string of the molecule is O=C(NCc1cn[nH]c1C(=O)O)OCc1ccccc1. The summed E-state index contributed by atoms with van der Waals surface area (Å²) in [6.45, 7) is 0.190. The van der Waals surface area contributed by atoms with E-state index in [0.29, 0.717) is 5.56 Å². The maximum Gasteiger partial charge on any atom is 0.407 e. The number of amides is 1. The van der Waals surface area contributed by atoms with Gasteiger partial charge in [-0.05, 0) is 5.56 Å². The van der Waals surface area contributed by atoms with Crippen LogP contribution >= 0.6 is 0 Å². The Morgan fingerprint density at radius 3 is 2.75 bits per heavy atom. The first-order chi connectivity index (χ1) is 9.66. The van der Waals surface area contributed by atoms with E-state index >= 15 is 0 Å². The van der Waals surface area contributed by atoms with Crippen molar-refractivity contribution in [3.63, 3.8) is 0 Å². The topological polar surface area (TPSA) is 104 Å². The molecule has 0 unspecified atom stereocenters. The average molecular weight is 275 g/mol. The Labute approximate surface area is 114 Å². The van der Waals surface area contributed by atoms with Gasteiger partial charge in [0.25, 0.3) is 0 Å². The van der Waals surface area contributed by atoms with Crippen molar-refractivity contribution in [3.05, 3.63) is 53.3 Å². The lowest BCUT2D eigenvalue weighted by atomic mass is 10.2. The Balaban J connectivity index is 1.80. The maximum atomic E-state index is 11.5. The molecule has 0 fully saturated rings. The van der Waals surface area contributed by atoms with Gasteiger partial charge in [-0.2, -0.15) is 5.10 Å². The van der Waals surface area contributed by atoms with Crippen LogP contribution in [0.25, 0.3) is 0 Å². The largest absolute Gasteiger partial charge is 0.477 e. The van der Waals surface area contributed by atoms with Gasteiger partial charge in [-0.1, -0.05) is 30.3 Å². The Morgan fingerprint density at radius 1 is 1.30 bits per heavy atom. The highest BCUT2D eigenvalue weighted by Gasteiger charge is 2.13. The number of aromatic carboxylic acids is 1. The van der Waals surface area contributed by atoms with Crippen LogP contribution < -0.4 is 5.32 Å². The number of nitrogens with zero attached hydrogens (tertiary/aromatic N) is 1. The number of carboxylic acid groups (broad SMARTS) is 1. The first-order valence-corrected chi connectivity index (χ1v) is 5.87. The second-order valence-electron chi connectivity index (χ2n) is 3.99. The number of ether oxygens (including phenoxy) is 1. The molecule has 0 spiro atoms. The molecule has 2 aromatic rings. The molecule has 0 aliphatic heterocycles. The van der Waals surface area contributed by atoms with Crippen LogP contribution in [-0.2, 0) is 17.9 Å². The highest BCUT2D eigenvalue weighted by Crippen LogP contribution is 2.04. The molecule has 1 amide bonds. The van der Waals surface area contributed by atoms with E-state index in [1.807, 2.05) is 30.3 Å². The summed E-state index contributed by atoms with van der Waals surface area (Å²) in [7, 11) is 0. The molecule has 7 heteroatoms. The van der Waals surface area contributed by atoms with Crippen LogP contribution in [0.15, 0.2) is 36.5 Å². The van der Waals surface area contributed by atoms with E-state index in [1.165, 1.54) is 6.20 Å². The highest BCUT2D eigenvalue weighted by molar-refractivity contribution is 5.87. The van der Waals surface area contributed by atoms with Crippen LogP contribution in [-0.4, -0.2) is 27.4 Å². The van der Waals surface area contributed by atoms with Crippen molar-refractivity contribution in [1.82, 2.24) is 15.5 Å². The van der Waals surface area contributed by atoms with E-state index in [9.17, 15) is 9.59 Å². The number of aromatic nitrogens is 2. The maximum absolute atomic E-state index is 11.5. The van der Waals surface area contributed by atoms with Crippen LogP contribution in [0.3, 0.4) is 0 Å². The molecular formula is C13H13N3O4. The number of hydrogen-bond acceptors (Lipinski definition) is 4. The summed E-state index contributed by atoms with van der Waals surface area (Å²) in [5.41, 5.74) is 1.21. The Kier molecular flexibility index (Phi) is 4.33. The van der Waals surface area contributed by atoms with Crippen molar-refractivity contribution in [2.75, 3.05) is 0 Å². The molecule has 1 heterocycles.